The van der Waals surface area contributed by atoms with Crippen LogP contribution >= 0.6 is 24.2 Å². The molecule has 0 bridgehead atoms. The zero-order chi connectivity index (χ0) is 12.4. The minimum absolute atomic E-state index is 0.296. The van der Waals surface area contributed by atoms with Crippen LogP contribution in [0.4, 0.5) is 4.39 Å². The van der Waals surface area contributed by atoms with Crippen LogP contribution < -0.4 is 0 Å². The van der Waals surface area contributed by atoms with E-state index < -0.39 is 0 Å². The molecule has 0 aliphatic rings. The summed E-state index contributed by atoms with van der Waals surface area (Å²) in [4.78, 5) is 8.28. The first-order valence-corrected chi connectivity index (χ1v) is 6.01. The third kappa shape index (κ3) is 2.58. The van der Waals surface area contributed by atoms with Crippen molar-refractivity contribution in [2.24, 2.45) is 0 Å². The van der Waals surface area contributed by atoms with Gasteiger partial charge in [0.15, 0.2) is 0 Å². The molecular weight excluding hydrogens is 259 g/mol. The van der Waals surface area contributed by atoms with Gasteiger partial charge in [-0.15, -0.1) is 0 Å². The molecule has 0 aliphatic carbocycles. The number of nitrogens with zero attached hydrogens (tertiary/aromatic N) is 2. The van der Waals surface area contributed by atoms with E-state index in [1.54, 1.807) is 25.3 Å². The highest BCUT2D eigenvalue weighted by Gasteiger charge is 2.09. The molecule has 0 saturated heterocycles. The minimum atomic E-state index is -0.296. The molecule has 2 aromatic rings. The summed E-state index contributed by atoms with van der Waals surface area (Å²) in [7, 11) is 0. The zero-order valence-corrected chi connectivity index (χ0v) is 10.8. The Labute approximate surface area is 109 Å². The summed E-state index contributed by atoms with van der Waals surface area (Å²) in [6.45, 7) is 1.67. The topological polar surface area (TPSA) is 25.8 Å². The highest BCUT2D eigenvalue weighted by atomic mass is 35.5. The van der Waals surface area contributed by atoms with Gasteiger partial charge in [-0.1, -0.05) is 11.6 Å². The third-order valence-electron chi connectivity index (χ3n) is 2.37. The molecule has 1 heterocycles. The number of hydrogen-bond donors (Lipinski definition) is 1. The Morgan fingerprint density at radius 2 is 2.18 bits per heavy atom. The lowest BCUT2D eigenvalue weighted by atomic mass is 10.1. The van der Waals surface area contributed by atoms with Gasteiger partial charge in [0.25, 0.3) is 0 Å². The van der Waals surface area contributed by atoms with E-state index >= 15 is 0 Å². The molecule has 0 atom stereocenters. The lowest BCUT2D eigenvalue weighted by Gasteiger charge is -2.06. The van der Waals surface area contributed by atoms with E-state index in [0.29, 0.717) is 33.4 Å². The third-order valence-corrected chi connectivity index (χ3v) is 2.97. The Hall–Kier alpha value is -1.13. The van der Waals surface area contributed by atoms with Gasteiger partial charge in [0.05, 0.1) is 16.5 Å². The lowest BCUT2D eigenvalue weighted by Crippen LogP contribution is -1.94. The van der Waals surface area contributed by atoms with Crippen molar-refractivity contribution in [2.45, 2.75) is 12.7 Å². The molecule has 1 aromatic carbocycles. The molecule has 0 spiro atoms. The summed E-state index contributed by atoms with van der Waals surface area (Å²) < 4.78 is 13.5. The predicted molar refractivity (Wildman–Crippen MR) is 69.9 cm³/mol. The second-order valence-electron chi connectivity index (χ2n) is 3.60. The summed E-state index contributed by atoms with van der Waals surface area (Å²) in [5, 5.41) is 0.479. The Morgan fingerprint density at radius 1 is 1.41 bits per heavy atom. The fraction of sp³-hybridized carbons (Fsp3) is 0.167. The van der Waals surface area contributed by atoms with Crippen molar-refractivity contribution in [3.05, 3.63) is 46.6 Å². The van der Waals surface area contributed by atoms with Crippen LogP contribution in [0.1, 0.15) is 11.4 Å². The number of aromatic nitrogens is 2. The van der Waals surface area contributed by atoms with E-state index in [1.165, 1.54) is 6.07 Å². The molecule has 0 radical (unpaired) electrons. The van der Waals surface area contributed by atoms with Gasteiger partial charge in [0, 0.05) is 11.8 Å². The maximum absolute atomic E-state index is 13.5. The second-order valence-corrected chi connectivity index (χ2v) is 4.32. The van der Waals surface area contributed by atoms with E-state index in [2.05, 4.69) is 22.6 Å². The van der Waals surface area contributed by atoms with Crippen LogP contribution in [-0.2, 0) is 5.75 Å². The summed E-state index contributed by atoms with van der Waals surface area (Å²) in [6, 6.07) is 4.68. The fourth-order valence-electron chi connectivity index (χ4n) is 1.47. The number of benzene rings is 1. The quantitative estimate of drug-likeness (QED) is 0.841. The SMILES string of the molecule is Cc1cc(Cl)c(-c2ccnc(CS)n2)cc1F. The molecule has 5 heteroatoms. The Bertz CT molecular complexity index is 560. The predicted octanol–water partition coefficient (Wildman–Crippen LogP) is 3.67. The molecule has 0 saturated carbocycles. The number of thiol groups is 1. The zero-order valence-electron chi connectivity index (χ0n) is 9.11. The number of rotatable bonds is 2. The van der Waals surface area contributed by atoms with Gasteiger partial charge < -0.3 is 0 Å². The van der Waals surface area contributed by atoms with Crippen molar-refractivity contribution in [2.75, 3.05) is 0 Å². The molecule has 0 aliphatic heterocycles. The summed E-state index contributed by atoms with van der Waals surface area (Å²) in [5.74, 6) is 0.720. The number of hydrogen-bond acceptors (Lipinski definition) is 3. The summed E-state index contributed by atoms with van der Waals surface area (Å²) >= 11 is 10.2. The molecule has 17 heavy (non-hydrogen) atoms. The maximum Gasteiger partial charge on any atom is 0.138 e. The monoisotopic (exact) mass is 268 g/mol. The van der Waals surface area contributed by atoms with E-state index in [4.69, 9.17) is 11.6 Å². The molecule has 1 aromatic heterocycles. The van der Waals surface area contributed by atoms with Gasteiger partial charge in [0.1, 0.15) is 11.6 Å². The van der Waals surface area contributed by atoms with Crippen LogP contribution in [0.5, 0.6) is 0 Å². The van der Waals surface area contributed by atoms with Gasteiger partial charge in [0.2, 0.25) is 0 Å². The Morgan fingerprint density at radius 3 is 2.88 bits per heavy atom. The summed E-state index contributed by atoms with van der Waals surface area (Å²) in [5.41, 5.74) is 1.69. The second kappa shape index (κ2) is 5.02. The van der Waals surface area contributed by atoms with Crippen LogP contribution in [0.25, 0.3) is 11.3 Å². The van der Waals surface area contributed by atoms with Gasteiger partial charge in [-0.2, -0.15) is 12.6 Å². The first-order valence-electron chi connectivity index (χ1n) is 5.00. The standard InChI is InChI=1S/C12H10ClFN2S/c1-7-4-9(13)8(5-10(7)14)11-2-3-15-12(6-17)16-11/h2-5,17H,6H2,1H3. The highest BCUT2D eigenvalue weighted by Crippen LogP contribution is 2.28. The van der Waals surface area contributed by atoms with Crippen LogP contribution in [0.2, 0.25) is 5.02 Å². The average Bonchev–Trinajstić information content (AvgIpc) is 2.34. The molecule has 2 rings (SSSR count). The maximum atomic E-state index is 13.5. The lowest BCUT2D eigenvalue weighted by molar-refractivity contribution is 0.619. The van der Waals surface area contributed by atoms with Crippen molar-refractivity contribution in [3.63, 3.8) is 0 Å². The molecular formula is C12H10ClFN2S. The Kier molecular flexibility index (Phi) is 3.64. The van der Waals surface area contributed by atoms with Crippen molar-refractivity contribution in [3.8, 4) is 11.3 Å². The van der Waals surface area contributed by atoms with Crippen molar-refractivity contribution in [1.29, 1.82) is 0 Å². The molecule has 2 nitrogen and oxygen atoms in total. The van der Waals surface area contributed by atoms with Crippen molar-refractivity contribution >= 4 is 24.2 Å². The first kappa shape index (κ1) is 12.3. The molecule has 0 unspecified atom stereocenters. The normalized spacial score (nSPS) is 10.6. The Balaban J connectivity index is 2.56. The molecule has 88 valence electrons. The van der Waals surface area contributed by atoms with Gasteiger partial charge in [-0.25, -0.2) is 14.4 Å². The number of aryl methyl sites for hydroxylation is 1. The smallest absolute Gasteiger partial charge is 0.138 e. The first-order chi connectivity index (χ1) is 8.11. The van der Waals surface area contributed by atoms with E-state index in [-0.39, 0.29) is 5.82 Å². The molecule has 0 N–H and O–H groups in total. The van der Waals surface area contributed by atoms with Crippen LogP contribution in [0, 0.1) is 12.7 Å². The minimum Gasteiger partial charge on any atom is -0.240 e. The van der Waals surface area contributed by atoms with Crippen molar-refractivity contribution < 1.29 is 4.39 Å². The van der Waals surface area contributed by atoms with Gasteiger partial charge in [-0.3, -0.25) is 0 Å². The number of halogens is 2. The summed E-state index contributed by atoms with van der Waals surface area (Å²) in [6.07, 6.45) is 1.61. The van der Waals surface area contributed by atoms with Crippen LogP contribution in [-0.4, -0.2) is 9.97 Å². The average molecular weight is 269 g/mol. The van der Waals surface area contributed by atoms with Crippen LogP contribution in [0.15, 0.2) is 24.4 Å². The van der Waals surface area contributed by atoms with E-state index in [1.807, 2.05) is 0 Å². The highest BCUT2D eigenvalue weighted by molar-refractivity contribution is 7.79. The molecule has 0 fully saturated rings. The van der Waals surface area contributed by atoms with E-state index in [0.717, 1.165) is 0 Å². The van der Waals surface area contributed by atoms with Crippen molar-refractivity contribution in [1.82, 2.24) is 9.97 Å². The van der Waals surface area contributed by atoms with Crippen LogP contribution in [0.3, 0.4) is 0 Å². The van der Waals surface area contributed by atoms with Gasteiger partial charge in [-0.05, 0) is 30.7 Å². The molecule has 0 amide bonds. The van der Waals surface area contributed by atoms with Gasteiger partial charge >= 0.3 is 0 Å². The van der Waals surface area contributed by atoms with E-state index in [9.17, 15) is 4.39 Å². The largest absolute Gasteiger partial charge is 0.240 e. The fourth-order valence-corrected chi connectivity index (χ4v) is 1.94.